The second kappa shape index (κ2) is 8.36. The molecule has 0 saturated heterocycles. The van der Waals surface area contributed by atoms with E-state index in [4.69, 9.17) is 32.9 Å². The number of aromatic nitrogens is 3. The first kappa shape index (κ1) is 20.7. The number of rotatable bonds is 4. The molecule has 156 valence electrons. The van der Waals surface area contributed by atoms with E-state index in [0.29, 0.717) is 60.2 Å². The molecule has 0 N–H and O–H groups in total. The first-order valence-corrected chi connectivity index (χ1v) is 11.4. The van der Waals surface area contributed by atoms with E-state index in [1.54, 1.807) is 6.07 Å². The Balaban J connectivity index is 1.94. The van der Waals surface area contributed by atoms with Gasteiger partial charge >= 0.3 is 0 Å². The molecular weight excluding hydrogens is 463 g/mol. The monoisotopic (exact) mass is 476 g/mol. The normalized spacial score (nSPS) is 11.1. The summed E-state index contributed by atoms with van der Waals surface area (Å²) in [6.45, 7) is 2.25. The third-order valence-electron chi connectivity index (χ3n) is 4.96. The Morgan fingerprint density at radius 3 is 2.47 bits per heavy atom. The van der Waals surface area contributed by atoms with Gasteiger partial charge in [0, 0.05) is 16.5 Å². The lowest BCUT2D eigenvalue weighted by Crippen LogP contribution is -2.00. The van der Waals surface area contributed by atoms with Crippen molar-refractivity contribution >= 4 is 55.0 Å². The summed E-state index contributed by atoms with van der Waals surface area (Å²) in [5.74, 6) is 0.711. The van der Waals surface area contributed by atoms with Crippen LogP contribution >= 0.6 is 34.5 Å². The van der Waals surface area contributed by atoms with E-state index in [1.807, 2.05) is 55.5 Å². The quantitative estimate of drug-likeness (QED) is 0.257. The van der Waals surface area contributed by atoms with Gasteiger partial charge in [-0.1, -0.05) is 65.7 Å². The molecule has 0 aliphatic carbocycles. The summed E-state index contributed by atoms with van der Waals surface area (Å²) in [6.07, 6.45) is 0. The third kappa shape index (κ3) is 3.35. The summed E-state index contributed by atoms with van der Waals surface area (Å²) in [5.41, 5.74) is 3.25. The maximum Gasteiger partial charge on any atom is 0.233 e. The average molecular weight is 477 g/mol. The average Bonchev–Trinajstić information content (AvgIpc) is 3.18. The molecule has 0 bridgehead atoms. The van der Waals surface area contributed by atoms with Crippen molar-refractivity contribution in [3.63, 3.8) is 0 Å². The number of nitrogens with zero attached hydrogens (tertiary/aromatic N) is 4. The number of benzene rings is 2. The van der Waals surface area contributed by atoms with Gasteiger partial charge in [-0.05, 0) is 24.6 Å². The molecule has 5 rings (SSSR count). The third-order valence-corrected chi connectivity index (χ3v) is 6.76. The van der Waals surface area contributed by atoms with Crippen LogP contribution in [0, 0.1) is 11.3 Å². The molecule has 8 heteroatoms. The number of hydrogen-bond acceptors (Lipinski definition) is 6. The number of nitriles is 1. The van der Waals surface area contributed by atoms with Gasteiger partial charge in [-0.3, -0.25) is 0 Å². The van der Waals surface area contributed by atoms with Crippen LogP contribution in [0.25, 0.3) is 42.9 Å². The van der Waals surface area contributed by atoms with Crippen molar-refractivity contribution in [3.05, 3.63) is 70.3 Å². The first-order valence-electron chi connectivity index (χ1n) is 9.79. The van der Waals surface area contributed by atoms with Crippen LogP contribution in [0.2, 0.25) is 10.2 Å². The van der Waals surface area contributed by atoms with Crippen molar-refractivity contribution in [1.29, 1.82) is 5.26 Å². The molecule has 0 atom stereocenters. The molecule has 5 nitrogen and oxygen atoms in total. The first-order chi connectivity index (χ1) is 15.6. The highest BCUT2D eigenvalue weighted by atomic mass is 35.5. The summed E-state index contributed by atoms with van der Waals surface area (Å²) in [4.78, 5) is 14.6. The molecule has 0 radical (unpaired) electrons. The number of pyridine rings is 1. The van der Waals surface area contributed by atoms with E-state index in [1.165, 1.54) is 11.3 Å². The second-order valence-corrected chi connectivity index (χ2v) is 8.62. The Morgan fingerprint density at radius 1 is 1.00 bits per heavy atom. The zero-order valence-corrected chi connectivity index (χ0v) is 19.1. The molecule has 3 heterocycles. The Labute approximate surface area is 197 Å². The number of fused-ring (bicyclic) bond motifs is 3. The molecule has 3 aromatic heterocycles. The molecule has 0 unspecified atom stereocenters. The van der Waals surface area contributed by atoms with Crippen molar-refractivity contribution in [2.75, 3.05) is 6.61 Å². The highest BCUT2D eigenvalue weighted by Gasteiger charge is 2.24. The van der Waals surface area contributed by atoms with Gasteiger partial charge in [0.05, 0.1) is 21.8 Å². The predicted molar refractivity (Wildman–Crippen MR) is 129 cm³/mol. The lowest BCUT2D eigenvalue weighted by atomic mass is 9.98. The van der Waals surface area contributed by atoms with Gasteiger partial charge in [-0.25, -0.2) is 15.0 Å². The molecule has 0 fully saturated rings. The van der Waals surface area contributed by atoms with Gasteiger partial charge in [0.1, 0.15) is 16.5 Å². The van der Waals surface area contributed by atoms with Gasteiger partial charge in [-0.15, -0.1) is 11.3 Å². The van der Waals surface area contributed by atoms with Crippen LogP contribution in [0.15, 0.2) is 54.6 Å². The molecule has 0 amide bonds. The molecule has 0 saturated carbocycles. The van der Waals surface area contributed by atoms with Crippen LogP contribution in [-0.4, -0.2) is 21.6 Å². The largest absolute Gasteiger partial charge is 0.477 e. The zero-order valence-electron chi connectivity index (χ0n) is 16.8. The maximum atomic E-state index is 10.0. The van der Waals surface area contributed by atoms with Crippen LogP contribution in [0.5, 0.6) is 5.88 Å². The van der Waals surface area contributed by atoms with Gasteiger partial charge < -0.3 is 4.74 Å². The summed E-state index contributed by atoms with van der Waals surface area (Å²) in [6, 6.07) is 19.3. The summed E-state index contributed by atoms with van der Waals surface area (Å²) < 4.78 is 6.41. The smallest absolute Gasteiger partial charge is 0.233 e. The standard InChI is InChI=1S/C24H14Cl2N4OS/c1-2-31-23-15(12-27)17(13-8-4-3-5-9-13)18-19-20(32-24(18)30-23)21(26)29-22(28-19)14-10-6-7-11-16(14)25/h3-11H,2H2,1H3. The van der Waals surface area contributed by atoms with E-state index in [9.17, 15) is 5.26 Å². The fraction of sp³-hybridized carbons (Fsp3) is 0.0833. The zero-order chi connectivity index (χ0) is 22.2. The van der Waals surface area contributed by atoms with Gasteiger partial charge in [0.2, 0.25) is 5.88 Å². The molecule has 5 aromatic rings. The van der Waals surface area contributed by atoms with Gasteiger partial charge in [0.25, 0.3) is 0 Å². The molecule has 0 aliphatic rings. The van der Waals surface area contributed by atoms with Crippen molar-refractivity contribution in [2.45, 2.75) is 6.92 Å². The van der Waals surface area contributed by atoms with Crippen LogP contribution in [0.4, 0.5) is 0 Å². The molecule has 0 spiro atoms. The van der Waals surface area contributed by atoms with Crippen LogP contribution < -0.4 is 4.74 Å². The Morgan fingerprint density at radius 2 is 1.75 bits per heavy atom. The highest BCUT2D eigenvalue weighted by molar-refractivity contribution is 7.26. The van der Waals surface area contributed by atoms with Gasteiger partial charge in [0.15, 0.2) is 11.0 Å². The minimum absolute atomic E-state index is 0.295. The van der Waals surface area contributed by atoms with E-state index >= 15 is 0 Å². The summed E-state index contributed by atoms with van der Waals surface area (Å²) >= 11 is 14.4. The lowest BCUT2D eigenvalue weighted by Gasteiger charge is -2.11. The molecule has 32 heavy (non-hydrogen) atoms. The van der Waals surface area contributed by atoms with Gasteiger partial charge in [-0.2, -0.15) is 5.26 Å². The summed E-state index contributed by atoms with van der Waals surface area (Å²) in [7, 11) is 0. The SMILES string of the molecule is CCOc1nc2sc3c(Cl)nc(-c4ccccc4Cl)nc3c2c(-c2ccccc2)c1C#N. The van der Waals surface area contributed by atoms with Crippen LogP contribution in [0.3, 0.4) is 0 Å². The number of hydrogen-bond donors (Lipinski definition) is 0. The predicted octanol–water partition coefficient (Wildman–Crippen LogP) is 7.15. The minimum Gasteiger partial charge on any atom is -0.477 e. The highest BCUT2D eigenvalue weighted by Crippen LogP contribution is 2.45. The second-order valence-electron chi connectivity index (χ2n) is 6.86. The van der Waals surface area contributed by atoms with E-state index in [-0.39, 0.29) is 0 Å². The number of thiophene rings is 1. The van der Waals surface area contributed by atoms with Crippen molar-refractivity contribution in [1.82, 2.24) is 15.0 Å². The van der Waals surface area contributed by atoms with E-state index < -0.39 is 0 Å². The Hall–Kier alpha value is -3.24. The van der Waals surface area contributed by atoms with Crippen LogP contribution in [-0.2, 0) is 0 Å². The van der Waals surface area contributed by atoms with Crippen molar-refractivity contribution in [2.24, 2.45) is 0 Å². The maximum absolute atomic E-state index is 10.0. The molecule has 0 aliphatic heterocycles. The van der Waals surface area contributed by atoms with Crippen molar-refractivity contribution in [3.8, 4) is 34.5 Å². The van der Waals surface area contributed by atoms with Crippen LogP contribution in [0.1, 0.15) is 12.5 Å². The Kier molecular flexibility index (Phi) is 5.40. The fourth-order valence-corrected chi connectivity index (χ4v) is 5.12. The topological polar surface area (TPSA) is 71.7 Å². The lowest BCUT2D eigenvalue weighted by molar-refractivity contribution is 0.327. The summed E-state index contributed by atoms with van der Waals surface area (Å²) in [5, 5.41) is 11.6. The fourth-order valence-electron chi connectivity index (χ4n) is 3.62. The number of halogens is 2. The Bertz CT molecular complexity index is 1530. The number of ether oxygens (including phenoxy) is 1. The van der Waals surface area contributed by atoms with Crippen molar-refractivity contribution < 1.29 is 4.74 Å². The molecular formula is C24H14Cl2N4OS. The van der Waals surface area contributed by atoms with E-state index in [2.05, 4.69) is 16.0 Å². The minimum atomic E-state index is 0.295. The molecule has 2 aromatic carbocycles. The van der Waals surface area contributed by atoms with E-state index in [0.717, 1.165) is 10.9 Å².